The zero-order chi connectivity index (χ0) is 18.2. The van der Waals surface area contributed by atoms with Gasteiger partial charge in [0.2, 0.25) is 0 Å². The maximum absolute atomic E-state index is 12.0. The predicted molar refractivity (Wildman–Crippen MR) is 100 cm³/mol. The van der Waals surface area contributed by atoms with Crippen LogP contribution in [0.25, 0.3) is 0 Å². The van der Waals surface area contributed by atoms with Gasteiger partial charge in [-0.3, -0.25) is 4.79 Å². The third-order valence-corrected chi connectivity index (χ3v) is 9.33. The zero-order valence-corrected chi connectivity index (χ0v) is 16.5. The van der Waals surface area contributed by atoms with Crippen molar-refractivity contribution >= 4 is 5.97 Å². The fourth-order valence-corrected chi connectivity index (χ4v) is 7.76. The maximum atomic E-state index is 12.0. The highest BCUT2D eigenvalue weighted by Gasteiger charge is 2.66. The van der Waals surface area contributed by atoms with E-state index < -0.39 is 0 Å². The van der Waals surface area contributed by atoms with Crippen molar-refractivity contribution in [3.8, 4) is 0 Å². The molecule has 0 N–H and O–H groups in total. The van der Waals surface area contributed by atoms with Crippen molar-refractivity contribution in [2.45, 2.75) is 77.2 Å². The Hall–Kier alpha value is -1.25. The van der Waals surface area contributed by atoms with Gasteiger partial charge in [0.25, 0.3) is 0 Å². The van der Waals surface area contributed by atoms with Crippen molar-refractivity contribution in [1.82, 2.24) is 0 Å². The van der Waals surface area contributed by atoms with E-state index in [-0.39, 0.29) is 17.0 Å². The Morgan fingerprint density at radius 3 is 2.62 bits per heavy atom. The van der Waals surface area contributed by atoms with Gasteiger partial charge in [0.1, 0.15) is 5.60 Å². The van der Waals surface area contributed by atoms with Crippen molar-refractivity contribution in [2.75, 3.05) is 7.11 Å². The molecule has 5 aliphatic rings. The van der Waals surface area contributed by atoms with Gasteiger partial charge in [-0.05, 0) is 79.8 Å². The number of rotatable bonds is 1. The summed E-state index contributed by atoms with van der Waals surface area (Å²) in [5, 5.41) is 0. The molecule has 3 fully saturated rings. The van der Waals surface area contributed by atoms with E-state index in [1.54, 1.807) is 7.11 Å². The monoisotopic (exact) mass is 356 g/mol. The van der Waals surface area contributed by atoms with Gasteiger partial charge in [0.05, 0.1) is 12.9 Å². The van der Waals surface area contributed by atoms with E-state index in [0.29, 0.717) is 17.8 Å². The molecule has 3 nitrogen and oxygen atoms in total. The largest absolute Gasteiger partial charge is 0.501 e. The van der Waals surface area contributed by atoms with Gasteiger partial charge in [0.15, 0.2) is 0 Å². The number of methoxy groups -OCH3 is 1. The fourth-order valence-electron chi connectivity index (χ4n) is 7.76. The molecule has 0 aromatic rings. The van der Waals surface area contributed by atoms with Crippen LogP contribution in [-0.4, -0.2) is 18.7 Å². The van der Waals surface area contributed by atoms with Crippen LogP contribution in [0.5, 0.6) is 0 Å². The van der Waals surface area contributed by atoms with Gasteiger partial charge in [0, 0.05) is 18.3 Å². The number of hydrogen-bond donors (Lipinski definition) is 0. The van der Waals surface area contributed by atoms with Crippen LogP contribution in [0.3, 0.4) is 0 Å². The highest BCUT2D eigenvalue weighted by Crippen LogP contribution is 2.69. The normalized spacial score (nSPS) is 49.7. The first kappa shape index (κ1) is 16.9. The third kappa shape index (κ3) is 1.98. The Bertz CT molecular complexity index is 706. The predicted octanol–water partition coefficient (Wildman–Crippen LogP) is 5.17. The van der Waals surface area contributed by atoms with Crippen LogP contribution >= 0.6 is 0 Å². The molecule has 0 aromatic carbocycles. The number of ether oxygens (including phenoxy) is 2. The molecule has 1 spiro atoms. The van der Waals surface area contributed by atoms with E-state index in [1.165, 1.54) is 37.7 Å². The lowest BCUT2D eigenvalue weighted by Gasteiger charge is -2.58. The van der Waals surface area contributed by atoms with Crippen LogP contribution in [0.2, 0.25) is 0 Å². The molecule has 0 unspecified atom stereocenters. The summed E-state index contributed by atoms with van der Waals surface area (Å²) < 4.78 is 11.6. The average molecular weight is 357 g/mol. The Balaban J connectivity index is 1.49. The van der Waals surface area contributed by atoms with Gasteiger partial charge >= 0.3 is 5.97 Å². The summed E-state index contributed by atoms with van der Waals surface area (Å²) in [6.45, 7) is 4.95. The summed E-state index contributed by atoms with van der Waals surface area (Å²) in [4.78, 5) is 12.0. The van der Waals surface area contributed by atoms with Crippen LogP contribution in [0.4, 0.5) is 0 Å². The van der Waals surface area contributed by atoms with Gasteiger partial charge in [-0.1, -0.05) is 19.9 Å². The Morgan fingerprint density at radius 1 is 1.08 bits per heavy atom. The van der Waals surface area contributed by atoms with Crippen molar-refractivity contribution in [2.24, 2.45) is 28.6 Å². The van der Waals surface area contributed by atoms with Gasteiger partial charge in [-0.2, -0.15) is 0 Å². The molecule has 0 aromatic heterocycles. The van der Waals surface area contributed by atoms with Crippen molar-refractivity contribution in [3.63, 3.8) is 0 Å². The van der Waals surface area contributed by atoms with Crippen LogP contribution in [0, 0.1) is 28.6 Å². The second-order valence-corrected chi connectivity index (χ2v) is 9.97. The van der Waals surface area contributed by atoms with Gasteiger partial charge in [-0.25, -0.2) is 0 Å². The summed E-state index contributed by atoms with van der Waals surface area (Å²) in [5.41, 5.74) is 1.85. The quantitative estimate of drug-likeness (QED) is 0.608. The average Bonchev–Trinajstić information content (AvgIpc) is 3.15. The molecule has 6 atom stereocenters. The van der Waals surface area contributed by atoms with E-state index in [2.05, 4.69) is 26.0 Å². The first-order valence-electron chi connectivity index (χ1n) is 10.6. The number of esters is 1. The van der Waals surface area contributed by atoms with Crippen LogP contribution in [-0.2, 0) is 14.3 Å². The fraction of sp³-hybridized carbons (Fsp3) is 0.783. The van der Waals surface area contributed by atoms with Crippen LogP contribution < -0.4 is 0 Å². The van der Waals surface area contributed by atoms with E-state index >= 15 is 0 Å². The third-order valence-electron chi connectivity index (χ3n) is 9.33. The van der Waals surface area contributed by atoms with E-state index in [0.717, 1.165) is 36.9 Å². The molecule has 1 saturated heterocycles. The minimum atomic E-state index is -0.152. The molecule has 3 heteroatoms. The van der Waals surface area contributed by atoms with Crippen LogP contribution in [0.15, 0.2) is 23.5 Å². The van der Waals surface area contributed by atoms with Crippen molar-refractivity contribution < 1.29 is 14.3 Å². The van der Waals surface area contributed by atoms with E-state index in [9.17, 15) is 4.79 Å². The van der Waals surface area contributed by atoms with E-state index in [1.807, 2.05) is 0 Å². The minimum absolute atomic E-state index is 0.0382. The number of allylic oxidation sites excluding steroid dienone is 4. The number of hydrogen-bond acceptors (Lipinski definition) is 3. The SMILES string of the molecule is COC1=CC2=CC[C@H]3[C@H]4CC[C@@]5(CCC(=O)O5)[C@@]4(C)CC[C@@H]3[C@@]2(C)CC1. The molecule has 26 heavy (non-hydrogen) atoms. The Labute approximate surface area is 157 Å². The molecule has 0 radical (unpaired) electrons. The molecule has 1 heterocycles. The first-order chi connectivity index (χ1) is 12.4. The van der Waals surface area contributed by atoms with Gasteiger partial charge < -0.3 is 9.47 Å². The minimum Gasteiger partial charge on any atom is -0.501 e. The first-order valence-corrected chi connectivity index (χ1v) is 10.6. The number of carbonyl (C=O) groups excluding carboxylic acids is 1. The van der Waals surface area contributed by atoms with Gasteiger partial charge in [-0.15, -0.1) is 0 Å². The van der Waals surface area contributed by atoms with E-state index in [4.69, 9.17) is 9.47 Å². The molecular weight excluding hydrogens is 324 g/mol. The molecule has 0 bridgehead atoms. The number of fused-ring (bicyclic) bond motifs is 6. The molecular formula is C23H32O3. The second kappa shape index (κ2) is 5.39. The van der Waals surface area contributed by atoms with Crippen molar-refractivity contribution in [1.29, 1.82) is 0 Å². The topological polar surface area (TPSA) is 35.5 Å². The molecule has 5 rings (SSSR count). The highest BCUT2D eigenvalue weighted by atomic mass is 16.6. The molecule has 1 aliphatic heterocycles. The molecule has 4 aliphatic carbocycles. The number of carbonyl (C=O) groups is 1. The highest BCUT2D eigenvalue weighted by molar-refractivity contribution is 5.72. The molecule has 2 saturated carbocycles. The summed E-state index contributed by atoms with van der Waals surface area (Å²) in [6.07, 6.45) is 14.7. The summed E-state index contributed by atoms with van der Waals surface area (Å²) in [6, 6.07) is 0. The van der Waals surface area contributed by atoms with Crippen molar-refractivity contribution in [3.05, 3.63) is 23.5 Å². The van der Waals surface area contributed by atoms with Crippen LogP contribution in [0.1, 0.15) is 71.6 Å². The summed E-state index contributed by atoms with van der Waals surface area (Å²) >= 11 is 0. The Morgan fingerprint density at radius 2 is 1.88 bits per heavy atom. The summed E-state index contributed by atoms with van der Waals surface area (Å²) in [5.74, 6) is 3.40. The zero-order valence-electron chi connectivity index (χ0n) is 16.5. The lowest BCUT2D eigenvalue weighted by atomic mass is 9.47. The maximum Gasteiger partial charge on any atom is 0.306 e. The standard InChI is InChI=1S/C23H32O3/c1-21-10-6-16(25-3)14-15(21)4-5-17-18(21)7-11-22(2)19(17)8-12-23(22)13-9-20(24)26-23/h4,14,17-19H,5-13H2,1-3H3/t17-,18+,19-,21+,22+,23-/m1/s1. The lowest BCUT2D eigenvalue weighted by molar-refractivity contribution is -0.167. The Kier molecular flexibility index (Phi) is 3.50. The molecule has 142 valence electrons. The summed E-state index contributed by atoms with van der Waals surface area (Å²) in [7, 11) is 1.80. The molecule has 0 amide bonds. The second-order valence-electron chi connectivity index (χ2n) is 9.97. The lowest BCUT2D eigenvalue weighted by Crippen LogP contribution is -2.54. The smallest absolute Gasteiger partial charge is 0.306 e.